The summed E-state index contributed by atoms with van der Waals surface area (Å²) >= 11 is 0. The fourth-order valence-electron chi connectivity index (χ4n) is 2.29. The Morgan fingerprint density at radius 2 is 1.85 bits per heavy atom. The highest BCUT2D eigenvalue weighted by Gasteiger charge is 2.13. The minimum Gasteiger partial charge on any atom is -0.466 e. The average molecular weight is 274 g/mol. The zero-order chi connectivity index (χ0) is 14.7. The van der Waals surface area contributed by atoms with Gasteiger partial charge in [0.2, 0.25) is 0 Å². The van der Waals surface area contributed by atoms with Gasteiger partial charge in [0.25, 0.3) is 0 Å². The van der Waals surface area contributed by atoms with Crippen molar-refractivity contribution in [3.05, 3.63) is 35.0 Å². The Morgan fingerprint density at radius 1 is 1.15 bits per heavy atom. The summed E-state index contributed by atoms with van der Waals surface area (Å²) in [5, 5.41) is 6.61. The molecule has 5 nitrogen and oxygen atoms in total. The van der Waals surface area contributed by atoms with E-state index >= 15 is 0 Å². The van der Waals surface area contributed by atoms with E-state index in [2.05, 4.69) is 33.6 Å². The number of aromatic nitrogens is 2. The van der Waals surface area contributed by atoms with E-state index in [9.17, 15) is 0 Å². The number of aryl methyl sites for hydroxylation is 3. The number of furan rings is 1. The molecule has 0 aliphatic rings. The molecule has 2 aromatic rings. The van der Waals surface area contributed by atoms with Crippen LogP contribution in [0.4, 0.5) is 11.6 Å². The van der Waals surface area contributed by atoms with Crippen molar-refractivity contribution in [3.8, 4) is 0 Å². The van der Waals surface area contributed by atoms with Crippen LogP contribution in [0, 0.1) is 20.8 Å². The van der Waals surface area contributed by atoms with Crippen LogP contribution < -0.4 is 10.6 Å². The van der Waals surface area contributed by atoms with Gasteiger partial charge in [0.1, 0.15) is 29.0 Å². The molecular formula is C15H22N4O. The summed E-state index contributed by atoms with van der Waals surface area (Å²) in [4.78, 5) is 8.77. The van der Waals surface area contributed by atoms with Crippen molar-refractivity contribution in [2.75, 3.05) is 17.2 Å². The minimum absolute atomic E-state index is 0.135. The number of hydrogen-bond donors (Lipinski definition) is 2. The van der Waals surface area contributed by atoms with Gasteiger partial charge in [-0.2, -0.15) is 0 Å². The maximum absolute atomic E-state index is 5.57. The Morgan fingerprint density at radius 3 is 2.45 bits per heavy atom. The summed E-state index contributed by atoms with van der Waals surface area (Å²) in [6.07, 6.45) is 0. The van der Waals surface area contributed by atoms with Gasteiger partial charge in [-0.1, -0.05) is 0 Å². The highest BCUT2D eigenvalue weighted by atomic mass is 16.3. The third kappa shape index (κ3) is 3.29. The van der Waals surface area contributed by atoms with Crippen molar-refractivity contribution in [2.24, 2.45) is 0 Å². The third-order valence-electron chi connectivity index (χ3n) is 3.11. The van der Waals surface area contributed by atoms with Gasteiger partial charge in [0.15, 0.2) is 0 Å². The standard InChI is InChI=1S/C15H22N4O/c1-6-16-14-8-15(19-12(5)18-14)17-10(3)13-7-9(2)20-11(13)4/h7-8,10H,6H2,1-5H3,(H2,16,17,18,19). The lowest BCUT2D eigenvalue weighted by molar-refractivity contribution is 0.500. The molecule has 5 heteroatoms. The van der Waals surface area contributed by atoms with Crippen LogP contribution in [0.25, 0.3) is 0 Å². The van der Waals surface area contributed by atoms with Crippen LogP contribution >= 0.6 is 0 Å². The van der Waals surface area contributed by atoms with Crippen LogP contribution in [0.3, 0.4) is 0 Å². The highest BCUT2D eigenvalue weighted by molar-refractivity contribution is 5.49. The second-order valence-electron chi connectivity index (χ2n) is 4.95. The van der Waals surface area contributed by atoms with Crippen molar-refractivity contribution in [1.82, 2.24) is 9.97 Å². The van der Waals surface area contributed by atoms with Crippen LogP contribution in [0.15, 0.2) is 16.5 Å². The van der Waals surface area contributed by atoms with Gasteiger partial charge in [-0.05, 0) is 40.7 Å². The van der Waals surface area contributed by atoms with E-state index in [4.69, 9.17) is 4.42 Å². The fourth-order valence-corrected chi connectivity index (χ4v) is 2.29. The molecule has 0 saturated heterocycles. The molecule has 1 unspecified atom stereocenters. The van der Waals surface area contributed by atoms with Crippen LogP contribution in [0.5, 0.6) is 0 Å². The lowest BCUT2D eigenvalue weighted by Crippen LogP contribution is -2.10. The largest absolute Gasteiger partial charge is 0.466 e. The lowest BCUT2D eigenvalue weighted by atomic mass is 10.1. The fraction of sp³-hybridized carbons (Fsp3) is 0.467. The van der Waals surface area contributed by atoms with Crippen LogP contribution in [0.2, 0.25) is 0 Å². The molecule has 2 heterocycles. The number of hydrogen-bond acceptors (Lipinski definition) is 5. The molecule has 0 fully saturated rings. The van der Waals surface area contributed by atoms with Crippen LogP contribution in [-0.2, 0) is 0 Å². The molecule has 0 aliphatic carbocycles. The molecule has 108 valence electrons. The van der Waals surface area contributed by atoms with E-state index in [-0.39, 0.29) is 6.04 Å². The molecule has 0 amide bonds. The molecule has 0 bridgehead atoms. The summed E-state index contributed by atoms with van der Waals surface area (Å²) < 4.78 is 5.57. The van der Waals surface area contributed by atoms with Gasteiger partial charge >= 0.3 is 0 Å². The van der Waals surface area contributed by atoms with E-state index in [1.54, 1.807) is 0 Å². The zero-order valence-corrected chi connectivity index (χ0v) is 12.7. The molecule has 1 atom stereocenters. The van der Waals surface area contributed by atoms with E-state index in [0.717, 1.165) is 41.1 Å². The smallest absolute Gasteiger partial charge is 0.132 e. The van der Waals surface area contributed by atoms with Gasteiger partial charge in [-0.25, -0.2) is 9.97 Å². The first-order chi connectivity index (χ1) is 9.49. The molecule has 0 aliphatic heterocycles. The monoisotopic (exact) mass is 274 g/mol. The predicted octanol–water partition coefficient (Wildman–Crippen LogP) is 3.60. The molecule has 2 aromatic heterocycles. The second kappa shape index (κ2) is 5.94. The van der Waals surface area contributed by atoms with Crippen LogP contribution in [-0.4, -0.2) is 16.5 Å². The van der Waals surface area contributed by atoms with Gasteiger partial charge in [-0.3, -0.25) is 0 Å². The zero-order valence-electron chi connectivity index (χ0n) is 12.7. The second-order valence-corrected chi connectivity index (χ2v) is 4.95. The maximum Gasteiger partial charge on any atom is 0.132 e. The van der Waals surface area contributed by atoms with Gasteiger partial charge in [0, 0.05) is 18.2 Å². The Kier molecular flexibility index (Phi) is 4.27. The quantitative estimate of drug-likeness (QED) is 0.872. The van der Waals surface area contributed by atoms with Crippen molar-refractivity contribution >= 4 is 11.6 Å². The third-order valence-corrected chi connectivity index (χ3v) is 3.11. The van der Waals surface area contributed by atoms with E-state index in [1.807, 2.05) is 33.8 Å². The number of rotatable bonds is 5. The van der Waals surface area contributed by atoms with Crippen LogP contribution in [0.1, 0.15) is 42.8 Å². The van der Waals surface area contributed by atoms with Gasteiger partial charge in [0.05, 0.1) is 6.04 Å². The van der Waals surface area contributed by atoms with E-state index < -0.39 is 0 Å². The number of anilines is 2. The normalized spacial score (nSPS) is 12.2. The highest BCUT2D eigenvalue weighted by Crippen LogP contribution is 2.24. The predicted molar refractivity (Wildman–Crippen MR) is 81.2 cm³/mol. The molecule has 2 N–H and O–H groups in total. The Bertz CT molecular complexity index is 592. The van der Waals surface area contributed by atoms with Crippen molar-refractivity contribution in [2.45, 2.75) is 40.7 Å². The topological polar surface area (TPSA) is 63.0 Å². The summed E-state index contributed by atoms with van der Waals surface area (Å²) in [5.74, 6) is 4.28. The number of nitrogens with one attached hydrogen (secondary N) is 2. The maximum atomic E-state index is 5.57. The van der Waals surface area contributed by atoms with E-state index in [0.29, 0.717) is 0 Å². The van der Waals surface area contributed by atoms with E-state index in [1.165, 1.54) is 0 Å². The molecular weight excluding hydrogens is 252 g/mol. The molecule has 0 spiro atoms. The number of nitrogens with zero attached hydrogens (tertiary/aromatic N) is 2. The Balaban J connectivity index is 2.18. The Labute approximate surface area is 119 Å². The lowest BCUT2D eigenvalue weighted by Gasteiger charge is -2.15. The minimum atomic E-state index is 0.135. The summed E-state index contributed by atoms with van der Waals surface area (Å²) in [6, 6.07) is 4.12. The van der Waals surface area contributed by atoms with Crippen molar-refractivity contribution in [1.29, 1.82) is 0 Å². The van der Waals surface area contributed by atoms with Crippen molar-refractivity contribution < 1.29 is 4.42 Å². The summed E-state index contributed by atoms with van der Waals surface area (Å²) in [6.45, 7) is 10.8. The first kappa shape index (κ1) is 14.4. The summed E-state index contributed by atoms with van der Waals surface area (Å²) in [7, 11) is 0. The van der Waals surface area contributed by atoms with Crippen molar-refractivity contribution in [3.63, 3.8) is 0 Å². The first-order valence-electron chi connectivity index (χ1n) is 6.92. The van der Waals surface area contributed by atoms with Gasteiger partial charge < -0.3 is 15.1 Å². The average Bonchev–Trinajstić information content (AvgIpc) is 2.68. The first-order valence-corrected chi connectivity index (χ1v) is 6.92. The molecule has 0 saturated carbocycles. The molecule has 20 heavy (non-hydrogen) atoms. The Hall–Kier alpha value is -2.04. The SMILES string of the molecule is CCNc1cc(NC(C)c2cc(C)oc2C)nc(C)n1. The molecule has 0 radical (unpaired) electrons. The summed E-state index contributed by atoms with van der Waals surface area (Å²) in [5.41, 5.74) is 1.16. The van der Waals surface area contributed by atoms with Gasteiger partial charge in [-0.15, -0.1) is 0 Å². The molecule has 2 rings (SSSR count). The molecule has 0 aromatic carbocycles.